The minimum atomic E-state index is -0.661. The summed E-state index contributed by atoms with van der Waals surface area (Å²) in [6.45, 7) is 3.75. The number of amides is 2. The highest BCUT2D eigenvalue weighted by Gasteiger charge is 2.66. The molecule has 21 heavy (non-hydrogen) atoms. The van der Waals surface area contributed by atoms with E-state index in [0.29, 0.717) is 10.7 Å². The molecular weight excluding hydrogens is 290 g/mol. The Labute approximate surface area is 127 Å². The number of fused-ring (bicyclic) bond motifs is 5. The van der Waals surface area contributed by atoms with Crippen molar-refractivity contribution in [2.45, 2.75) is 25.6 Å². The van der Waals surface area contributed by atoms with Crippen LogP contribution in [0.5, 0.6) is 0 Å². The van der Waals surface area contributed by atoms with E-state index in [0.717, 1.165) is 5.56 Å². The van der Waals surface area contributed by atoms with E-state index < -0.39 is 17.4 Å². The molecule has 2 saturated heterocycles. The van der Waals surface area contributed by atoms with E-state index in [1.54, 1.807) is 12.1 Å². The molecule has 1 aromatic carbocycles. The number of aryl methyl sites for hydroxylation is 1. The molecule has 2 bridgehead atoms. The zero-order valence-corrected chi connectivity index (χ0v) is 12.4. The normalized spacial score (nSPS) is 36.7. The van der Waals surface area contributed by atoms with Crippen LogP contribution >= 0.6 is 11.6 Å². The molecule has 1 aromatic rings. The van der Waals surface area contributed by atoms with Crippen LogP contribution in [0.4, 0.5) is 5.69 Å². The summed E-state index contributed by atoms with van der Waals surface area (Å²) in [6.07, 6.45) is 3.50. The van der Waals surface area contributed by atoms with E-state index in [-0.39, 0.29) is 17.9 Å². The Hall–Kier alpha value is -1.65. The van der Waals surface area contributed by atoms with E-state index in [2.05, 4.69) is 0 Å². The van der Waals surface area contributed by atoms with E-state index >= 15 is 0 Å². The Kier molecular flexibility index (Phi) is 2.46. The van der Waals surface area contributed by atoms with Crippen molar-refractivity contribution in [3.63, 3.8) is 0 Å². The molecule has 0 N–H and O–H groups in total. The van der Waals surface area contributed by atoms with Gasteiger partial charge in [-0.05, 0) is 31.5 Å². The first-order valence-electron chi connectivity index (χ1n) is 6.93. The summed E-state index contributed by atoms with van der Waals surface area (Å²) in [5.74, 6) is -1.23. The largest absolute Gasteiger partial charge is 0.362 e. The maximum Gasteiger partial charge on any atom is 0.241 e. The lowest BCUT2D eigenvalue weighted by atomic mass is 9.78. The van der Waals surface area contributed by atoms with Gasteiger partial charge in [0, 0.05) is 5.02 Å². The molecule has 5 heteroatoms. The second-order valence-electron chi connectivity index (χ2n) is 6.07. The lowest BCUT2D eigenvalue weighted by Gasteiger charge is -2.24. The summed E-state index contributed by atoms with van der Waals surface area (Å²) >= 11 is 6.12. The molecule has 0 radical (unpaired) electrons. The Morgan fingerprint density at radius 2 is 2.05 bits per heavy atom. The maximum absolute atomic E-state index is 12.7. The maximum atomic E-state index is 12.7. The molecule has 0 aliphatic carbocycles. The van der Waals surface area contributed by atoms with Gasteiger partial charge < -0.3 is 4.74 Å². The fourth-order valence-electron chi connectivity index (χ4n) is 3.63. The van der Waals surface area contributed by atoms with Gasteiger partial charge in [-0.1, -0.05) is 29.8 Å². The molecule has 3 aliphatic rings. The van der Waals surface area contributed by atoms with Crippen LogP contribution in [0.25, 0.3) is 0 Å². The van der Waals surface area contributed by atoms with E-state index in [9.17, 15) is 9.59 Å². The molecule has 4 atom stereocenters. The summed E-state index contributed by atoms with van der Waals surface area (Å²) in [5.41, 5.74) is 0.792. The fraction of sp³-hybridized carbons (Fsp3) is 0.375. The van der Waals surface area contributed by atoms with Crippen LogP contribution in [0.15, 0.2) is 30.4 Å². The lowest BCUT2D eigenvalue weighted by Crippen LogP contribution is -2.38. The zero-order valence-electron chi connectivity index (χ0n) is 11.7. The molecule has 2 amide bonds. The van der Waals surface area contributed by atoms with E-state index in [1.807, 2.05) is 32.1 Å². The second-order valence-corrected chi connectivity index (χ2v) is 6.48. The third-order valence-corrected chi connectivity index (χ3v) is 5.15. The Bertz CT molecular complexity index is 713. The summed E-state index contributed by atoms with van der Waals surface area (Å²) in [5, 5.41) is 0.550. The van der Waals surface area contributed by atoms with Crippen LogP contribution in [0.3, 0.4) is 0 Å². The number of ether oxygens (including phenoxy) is 1. The number of benzene rings is 1. The predicted molar refractivity (Wildman–Crippen MR) is 78.1 cm³/mol. The molecule has 0 aromatic heterocycles. The molecule has 0 saturated carbocycles. The minimum Gasteiger partial charge on any atom is -0.362 e. The van der Waals surface area contributed by atoms with Crippen LogP contribution in [0.2, 0.25) is 5.02 Å². The number of rotatable bonds is 1. The van der Waals surface area contributed by atoms with Gasteiger partial charge in [0.15, 0.2) is 0 Å². The van der Waals surface area contributed by atoms with Gasteiger partial charge in [0.1, 0.15) is 0 Å². The van der Waals surface area contributed by atoms with E-state index in [1.165, 1.54) is 4.90 Å². The first-order chi connectivity index (χ1) is 9.92. The highest BCUT2D eigenvalue weighted by atomic mass is 35.5. The minimum absolute atomic E-state index is 0.192. The third kappa shape index (κ3) is 1.54. The van der Waals surface area contributed by atoms with Crippen molar-refractivity contribution in [1.29, 1.82) is 0 Å². The van der Waals surface area contributed by atoms with Gasteiger partial charge in [-0.25, -0.2) is 4.90 Å². The van der Waals surface area contributed by atoms with Gasteiger partial charge in [0.05, 0.1) is 29.2 Å². The second kappa shape index (κ2) is 3.96. The van der Waals surface area contributed by atoms with Crippen LogP contribution in [0.1, 0.15) is 12.5 Å². The number of anilines is 1. The molecule has 0 spiro atoms. The molecular formula is C16H14ClNO3. The van der Waals surface area contributed by atoms with Crippen molar-refractivity contribution >= 4 is 29.1 Å². The monoisotopic (exact) mass is 303 g/mol. The van der Waals surface area contributed by atoms with Gasteiger partial charge >= 0.3 is 0 Å². The van der Waals surface area contributed by atoms with Crippen LogP contribution in [-0.2, 0) is 14.3 Å². The highest BCUT2D eigenvalue weighted by molar-refractivity contribution is 6.32. The standard InChI is InChI=1S/C16H14ClNO3/c1-8-3-4-9(7-10(8)17)18-14(19)12-11-5-6-16(2,21-11)13(12)15(18)20/h3-7,11-13H,1-2H3/t11-,12+,13+,16+/m1/s1. The van der Waals surface area contributed by atoms with Crippen LogP contribution in [-0.4, -0.2) is 23.5 Å². The lowest BCUT2D eigenvalue weighted by molar-refractivity contribution is -0.126. The summed E-state index contributed by atoms with van der Waals surface area (Å²) in [6, 6.07) is 5.25. The molecule has 2 fully saturated rings. The molecule has 4 nitrogen and oxygen atoms in total. The topological polar surface area (TPSA) is 46.6 Å². The van der Waals surface area contributed by atoms with Gasteiger partial charge in [0.25, 0.3) is 0 Å². The number of hydrogen-bond acceptors (Lipinski definition) is 3. The van der Waals surface area contributed by atoms with Gasteiger partial charge in [-0.3, -0.25) is 9.59 Å². The first-order valence-corrected chi connectivity index (χ1v) is 7.31. The number of nitrogens with zero attached hydrogens (tertiary/aromatic N) is 1. The third-order valence-electron chi connectivity index (χ3n) is 4.74. The van der Waals surface area contributed by atoms with Crippen molar-refractivity contribution < 1.29 is 14.3 Å². The quantitative estimate of drug-likeness (QED) is 0.591. The van der Waals surface area contributed by atoms with Crippen molar-refractivity contribution in [2.75, 3.05) is 4.90 Å². The Balaban J connectivity index is 1.78. The molecule has 0 unspecified atom stereocenters. The fourth-order valence-corrected chi connectivity index (χ4v) is 3.80. The number of hydrogen-bond donors (Lipinski definition) is 0. The SMILES string of the molecule is Cc1ccc(N2C(=O)[C@@H]3[C@@H](C2=O)[C@]2(C)C=C[C@H]3O2)cc1Cl. The molecule has 4 rings (SSSR count). The van der Waals surface area contributed by atoms with Crippen LogP contribution in [0, 0.1) is 18.8 Å². The molecule has 3 aliphatic heterocycles. The first kappa shape index (κ1) is 13.0. The molecule has 108 valence electrons. The van der Waals surface area contributed by atoms with Gasteiger partial charge in [-0.2, -0.15) is 0 Å². The van der Waals surface area contributed by atoms with Gasteiger partial charge in [-0.15, -0.1) is 0 Å². The van der Waals surface area contributed by atoms with E-state index in [4.69, 9.17) is 16.3 Å². The zero-order chi connectivity index (χ0) is 14.9. The summed E-state index contributed by atoms with van der Waals surface area (Å²) < 4.78 is 5.79. The molecule has 3 heterocycles. The van der Waals surface area contributed by atoms with Crippen LogP contribution < -0.4 is 4.90 Å². The number of carbonyl (C=O) groups is 2. The summed E-state index contributed by atoms with van der Waals surface area (Å²) in [7, 11) is 0. The number of imide groups is 1. The highest BCUT2D eigenvalue weighted by Crippen LogP contribution is 2.52. The Morgan fingerprint density at radius 3 is 2.71 bits per heavy atom. The van der Waals surface area contributed by atoms with Crippen molar-refractivity contribution in [2.24, 2.45) is 11.8 Å². The van der Waals surface area contributed by atoms with Gasteiger partial charge in [0.2, 0.25) is 11.8 Å². The summed E-state index contributed by atoms with van der Waals surface area (Å²) in [4.78, 5) is 26.7. The Morgan fingerprint density at radius 1 is 1.29 bits per heavy atom. The average Bonchev–Trinajstić information content (AvgIpc) is 3.03. The van der Waals surface area contributed by atoms with Crippen molar-refractivity contribution in [3.8, 4) is 0 Å². The van der Waals surface area contributed by atoms with Crippen molar-refractivity contribution in [1.82, 2.24) is 0 Å². The number of halogens is 1. The average molecular weight is 304 g/mol. The number of carbonyl (C=O) groups excluding carboxylic acids is 2. The smallest absolute Gasteiger partial charge is 0.241 e. The van der Waals surface area contributed by atoms with Crippen molar-refractivity contribution in [3.05, 3.63) is 40.9 Å². The predicted octanol–water partition coefficient (Wildman–Crippen LogP) is 2.48.